The summed E-state index contributed by atoms with van der Waals surface area (Å²) in [5.74, 6) is 0. The van der Waals surface area contributed by atoms with Crippen molar-refractivity contribution in [2.45, 2.75) is 26.4 Å². The molecule has 0 radical (unpaired) electrons. The Morgan fingerprint density at radius 3 is 2.62 bits per heavy atom. The molecule has 0 unspecified atom stereocenters. The largest absolute Gasteiger partial charge is 0.464 e. The van der Waals surface area contributed by atoms with Gasteiger partial charge in [0.2, 0.25) is 0 Å². The number of fused-ring (bicyclic) bond motifs is 1. The van der Waals surface area contributed by atoms with Gasteiger partial charge in [-0.15, -0.1) is 0 Å². The maximum Gasteiger partial charge on any atom is 0.136 e. The Morgan fingerprint density at radius 1 is 1.12 bits per heavy atom. The highest BCUT2D eigenvalue weighted by Gasteiger charge is 2.09. The van der Waals surface area contributed by atoms with E-state index in [2.05, 4.69) is 5.16 Å². The number of para-hydroxylation sites is 1. The fourth-order valence-corrected chi connectivity index (χ4v) is 1.31. The summed E-state index contributed by atoms with van der Waals surface area (Å²) in [4.78, 5) is 5.41. The zero-order valence-electron chi connectivity index (χ0n) is 9.73. The van der Waals surface area contributed by atoms with Crippen molar-refractivity contribution in [2.75, 3.05) is 0 Å². The maximum atomic E-state index is 5.41. The van der Waals surface area contributed by atoms with Gasteiger partial charge in [0, 0.05) is 11.5 Å². The Kier molecular flexibility index (Phi) is 2.69. The van der Waals surface area contributed by atoms with Crippen molar-refractivity contribution in [3.63, 3.8) is 0 Å². The van der Waals surface area contributed by atoms with Gasteiger partial charge in [0.25, 0.3) is 0 Å². The van der Waals surface area contributed by atoms with E-state index in [1.165, 1.54) is 0 Å². The van der Waals surface area contributed by atoms with Gasteiger partial charge < -0.3 is 9.25 Å². The van der Waals surface area contributed by atoms with Gasteiger partial charge in [-0.2, -0.15) is 0 Å². The zero-order chi connectivity index (χ0) is 11.6. The molecule has 3 nitrogen and oxygen atoms in total. The van der Waals surface area contributed by atoms with Crippen LogP contribution in [0.3, 0.4) is 0 Å². The first-order chi connectivity index (χ1) is 7.56. The SMILES string of the molecule is CC(C)(C)ON=c1ccoc2ccccc12. The molecule has 1 aromatic heterocycles. The first-order valence-corrected chi connectivity index (χ1v) is 5.25. The van der Waals surface area contributed by atoms with Crippen LogP contribution in [0.1, 0.15) is 20.8 Å². The third-order valence-corrected chi connectivity index (χ3v) is 2.00. The Labute approximate surface area is 94.3 Å². The molecule has 0 aliphatic heterocycles. The molecule has 3 heteroatoms. The smallest absolute Gasteiger partial charge is 0.136 e. The Hall–Kier alpha value is -1.77. The minimum Gasteiger partial charge on any atom is -0.464 e. The lowest BCUT2D eigenvalue weighted by Gasteiger charge is -2.14. The molecule has 1 heterocycles. The Balaban J connectivity index is 2.52. The van der Waals surface area contributed by atoms with Crippen LogP contribution in [0.4, 0.5) is 0 Å². The zero-order valence-corrected chi connectivity index (χ0v) is 9.73. The maximum absolute atomic E-state index is 5.41. The van der Waals surface area contributed by atoms with Crippen LogP contribution < -0.4 is 5.36 Å². The fourth-order valence-electron chi connectivity index (χ4n) is 1.31. The van der Waals surface area contributed by atoms with Crippen molar-refractivity contribution in [2.24, 2.45) is 5.16 Å². The van der Waals surface area contributed by atoms with Crippen molar-refractivity contribution in [1.29, 1.82) is 0 Å². The van der Waals surface area contributed by atoms with Gasteiger partial charge in [0.1, 0.15) is 16.5 Å². The Bertz CT molecular complexity index is 544. The van der Waals surface area contributed by atoms with Crippen molar-refractivity contribution in [1.82, 2.24) is 0 Å². The topological polar surface area (TPSA) is 34.7 Å². The number of benzene rings is 1. The van der Waals surface area contributed by atoms with Gasteiger partial charge in [0.05, 0.1) is 6.26 Å². The van der Waals surface area contributed by atoms with Crippen LogP contribution in [0.2, 0.25) is 0 Å². The number of nitrogens with zero attached hydrogens (tertiary/aromatic N) is 1. The quantitative estimate of drug-likeness (QED) is 0.688. The van der Waals surface area contributed by atoms with Crippen molar-refractivity contribution >= 4 is 11.0 Å². The van der Waals surface area contributed by atoms with Crippen molar-refractivity contribution in [3.05, 3.63) is 42.0 Å². The van der Waals surface area contributed by atoms with Gasteiger partial charge in [0.15, 0.2) is 0 Å². The molecule has 0 fully saturated rings. The lowest BCUT2D eigenvalue weighted by atomic mass is 10.2. The summed E-state index contributed by atoms with van der Waals surface area (Å²) in [7, 11) is 0. The molecule has 1 aromatic carbocycles. The van der Waals surface area contributed by atoms with E-state index < -0.39 is 0 Å². The molecule has 0 aliphatic carbocycles. The molecule has 0 atom stereocenters. The normalized spacial score (nSPS) is 13.1. The summed E-state index contributed by atoms with van der Waals surface area (Å²) in [5.41, 5.74) is 0.523. The van der Waals surface area contributed by atoms with Crippen molar-refractivity contribution < 1.29 is 9.25 Å². The van der Waals surface area contributed by atoms with Crippen LogP contribution >= 0.6 is 0 Å². The number of rotatable bonds is 1. The second-order valence-electron chi connectivity index (χ2n) is 4.60. The van der Waals surface area contributed by atoms with E-state index in [9.17, 15) is 0 Å². The molecule has 0 spiro atoms. The molecule has 2 rings (SSSR count). The van der Waals surface area contributed by atoms with Gasteiger partial charge >= 0.3 is 0 Å². The Morgan fingerprint density at radius 2 is 1.88 bits per heavy atom. The summed E-state index contributed by atoms with van der Waals surface area (Å²) < 4.78 is 5.37. The molecule has 0 amide bonds. The second-order valence-corrected chi connectivity index (χ2v) is 4.60. The van der Waals surface area contributed by atoms with Crippen LogP contribution in [0, 0.1) is 0 Å². The van der Waals surface area contributed by atoms with Crippen molar-refractivity contribution in [3.8, 4) is 0 Å². The highest BCUT2D eigenvalue weighted by atomic mass is 16.6. The first kappa shape index (κ1) is 10.7. The summed E-state index contributed by atoms with van der Waals surface area (Å²) in [6.45, 7) is 5.89. The van der Waals surface area contributed by atoms with Gasteiger partial charge in [-0.05, 0) is 32.9 Å². The van der Waals surface area contributed by atoms with E-state index in [0.717, 1.165) is 16.3 Å². The van der Waals surface area contributed by atoms with Gasteiger partial charge in [-0.25, -0.2) is 0 Å². The molecular formula is C13H15NO2. The highest BCUT2D eigenvalue weighted by Crippen LogP contribution is 2.09. The van der Waals surface area contributed by atoms with Crippen LogP contribution in [0.15, 0.2) is 46.2 Å². The number of hydrogen-bond acceptors (Lipinski definition) is 3. The molecule has 84 valence electrons. The van der Waals surface area contributed by atoms with Crippen LogP contribution in [-0.2, 0) is 4.84 Å². The van der Waals surface area contributed by atoms with E-state index in [0.29, 0.717) is 0 Å². The molecule has 0 bridgehead atoms. The van der Waals surface area contributed by atoms with Crippen LogP contribution in [-0.4, -0.2) is 5.60 Å². The minimum absolute atomic E-state index is 0.284. The lowest BCUT2D eigenvalue weighted by Crippen LogP contribution is -2.18. The molecule has 0 aliphatic rings. The third kappa shape index (κ3) is 2.42. The molecule has 0 saturated carbocycles. The average molecular weight is 217 g/mol. The first-order valence-electron chi connectivity index (χ1n) is 5.25. The van der Waals surface area contributed by atoms with Crippen LogP contribution in [0.5, 0.6) is 0 Å². The highest BCUT2D eigenvalue weighted by molar-refractivity contribution is 5.75. The van der Waals surface area contributed by atoms with Gasteiger partial charge in [-0.3, -0.25) is 0 Å². The molecule has 16 heavy (non-hydrogen) atoms. The monoisotopic (exact) mass is 217 g/mol. The van der Waals surface area contributed by atoms with E-state index in [1.807, 2.05) is 45.0 Å². The van der Waals surface area contributed by atoms with Crippen LogP contribution in [0.25, 0.3) is 11.0 Å². The van der Waals surface area contributed by atoms with E-state index in [1.54, 1.807) is 12.3 Å². The van der Waals surface area contributed by atoms with E-state index >= 15 is 0 Å². The van der Waals surface area contributed by atoms with E-state index in [-0.39, 0.29) is 5.60 Å². The molecular weight excluding hydrogens is 202 g/mol. The standard InChI is InChI=1S/C13H15NO2/c1-13(2,3)16-14-11-8-9-15-12-7-5-4-6-10(11)12/h4-9H,1-3H3. The summed E-state index contributed by atoms with van der Waals surface area (Å²) in [6, 6.07) is 9.55. The molecule has 0 N–H and O–H groups in total. The summed E-state index contributed by atoms with van der Waals surface area (Å²) in [5, 5.41) is 5.89. The predicted molar refractivity (Wildman–Crippen MR) is 62.6 cm³/mol. The fraction of sp³-hybridized carbons (Fsp3) is 0.308. The average Bonchev–Trinajstić information content (AvgIpc) is 2.25. The third-order valence-electron chi connectivity index (χ3n) is 2.00. The van der Waals surface area contributed by atoms with Gasteiger partial charge in [-0.1, -0.05) is 17.3 Å². The second kappa shape index (κ2) is 4.00. The van der Waals surface area contributed by atoms with E-state index in [4.69, 9.17) is 9.25 Å². The summed E-state index contributed by atoms with van der Waals surface area (Å²) >= 11 is 0. The lowest BCUT2D eigenvalue weighted by molar-refractivity contribution is -0.00587. The minimum atomic E-state index is -0.284. The number of hydrogen-bond donors (Lipinski definition) is 0. The molecule has 2 aromatic rings. The summed E-state index contributed by atoms with van der Waals surface area (Å²) in [6.07, 6.45) is 1.62. The predicted octanol–water partition coefficient (Wildman–Crippen LogP) is 3.06. The molecule has 0 saturated heterocycles.